The summed E-state index contributed by atoms with van der Waals surface area (Å²) < 4.78 is 35.3. The number of rotatable bonds is 3. The van der Waals surface area contributed by atoms with Crippen LogP contribution >= 0.6 is 11.6 Å². The zero-order chi connectivity index (χ0) is 22.3. The molecule has 1 atom stereocenters. The first-order valence-corrected chi connectivity index (χ1v) is 10.1. The van der Waals surface area contributed by atoms with Gasteiger partial charge in [0.1, 0.15) is 0 Å². The molecule has 1 N–H and O–H groups in total. The summed E-state index contributed by atoms with van der Waals surface area (Å²) in [4.78, 5) is 12.9. The van der Waals surface area contributed by atoms with E-state index in [4.69, 9.17) is 11.6 Å². The van der Waals surface area contributed by atoms with Crippen LogP contribution in [0.5, 0.6) is 11.5 Å². The molecule has 0 saturated carbocycles. The molecule has 6 nitrogen and oxygen atoms in total. The minimum atomic E-state index is -3.72. The van der Waals surface area contributed by atoms with Gasteiger partial charge < -0.3 is 14.8 Å². The Morgan fingerprint density at radius 2 is 1.75 bits per heavy atom. The zero-order valence-corrected chi connectivity index (χ0v) is 17.2. The first kappa shape index (κ1) is 20.3. The third kappa shape index (κ3) is 3.97. The lowest BCUT2D eigenvalue weighted by molar-refractivity contribution is -0.286. The fourth-order valence-electron chi connectivity index (χ4n) is 3.67. The van der Waals surface area contributed by atoms with Gasteiger partial charge in [-0.1, -0.05) is 54.1 Å². The third-order valence-corrected chi connectivity index (χ3v) is 5.39. The Labute approximate surface area is 187 Å². The maximum Gasteiger partial charge on any atom is 0.586 e. The predicted octanol–water partition coefficient (Wildman–Crippen LogP) is 5.70. The Bertz CT molecular complexity index is 1200. The van der Waals surface area contributed by atoms with Crippen LogP contribution in [0.25, 0.3) is 0 Å². The van der Waals surface area contributed by atoms with E-state index in [0.29, 0.717) is 11.6 Å². The minimum absolute atomic E-state index is 0.0960. The van der Waals surface area contributed by atoms with Crippen molar-refractivity contribution in [1.82, 2.24) is 5.01 Å². The normalized spacial score (nSPS) is 18.4. The number of halogens is 3. The number of alkyl halides is 2. The molecule has 9 heteroatoms. The maximum absolute atomic E-state index is 13.2. The van der Waals surface area contributed by atoms with Gasteiger partial charge in [0.15, 0.2) is 11.5 Å². The number of amides is 2. The molecule has 3 aromatic carbocycles. The van der Waals surface area contributed by atoms with E-state index in [0.717, 1.165) is 16.8 Å². The number of urea groups is 1. The van der Waals surface area contributed by atoms with Gasteiger partial charge in [-0.25, -0.2) is 9.80 Å². The number of carbonyl (C=O) groups excluding carboxylic acids is 1. The van der Waals surface area contributed by atoms with Gasteiger partial charge in [0.2, 0.25) is 0 Å². The van der Waals surface area contributed by atoms with Crippen LogP contribution in [0.15, 0.2) is 77.9 Å². The van der Waals surface area contributed by atoms with E-state index in [9.17, 15) is 13.6 Å². The molecule has 5 rings (SSSR count). The van der Waals surface area contributed by atoms with Crippen LogP contribution in [-0.4, -0.2) is 29.6 Å². The van der Waals surface area contributed by atoms with Crippen molar-refractivity contribution < 1.29 is 23.0 Å². The second-order valence-electron chi connectivity index (χ2n) is 7.30. The highest BCUT2D eigenvalue weighted by molar-refractivity contribution is 6.30. The lowest BCUT2D eigenvalue weighted by atomic mass is 9.91. The number of benzene rings is 3. The Hall–Kier alpha value is -3.65. The molecule has 2 aliphatic heterocycles. The highest BCUT2D eigenvalue weighted by Gasteiger charge is 2.43. The van der Waals surface area contributed by atoms with Gasteiger partial charge in [-0.15, -0.1) is 8.78 Å². The van der Waals surface area contributed by atoms with Crippen LogP contribution in [0.4, 0.5) is 19.3 Å². The number of carbonyl (C=O) groups is 1. The van der Waals surface area contributed by atoms with Gasteiger partial charge in [-0.05, 0) is 35.4 Å². The van der Waals surface area contributed by atoms with Gasteiger partial charge in [-0.3, -0.25) is 0 Å². The van der Waals surface area contributed by atoms with E-state index < -0.39 is 12.3 Å². The number of anilines is 1. The first-order chi connectivity index (χ1) is 15.4. The van der Waals surface area contributed by atoms with Gasteiger partial charge in [0.05, 0.1) is 12.3 Å². The summed E-state index contributed by atoms with van der Waals surface area (Å²) in [6, 6.07) is 20.5. The van der Waals surface area contributed by atoms with Crippen molar-refractivity contribution in [3.05, 3.63) is 88.9 Å². The van der Waals surface area contributed by atoms with Gasteiger partial charge in [0.25, 0.3) is 0 Å². The molecule has 0 fully saturated rings. The second kappa shape index (κ2) is 7.80. The molecular formula is C23H16ClF2N3O3. The molecule has 0 aromatic heterocycles. The number of ether oxygens (including phenoxy) is 2. The van der Waals surface area contributed by atoms with Crippen LogP contribution in [0, 0.1) is 0 Å². The van der Waals surface area contributed by atoms with Crippen molar-refractivity contribution in [2.24, 2.45) is 5.10 Å². The Kier molecular flexibility index (Phi) is 4.94. The number of hydrogen-bond acceptors (Lipinski definition) is 4. The molecule has 0 radical (unpaired) electrons. The van der Waals surface area contributed by atoms with Gasteiger partial charge in [-0.2, -0.15) is 5.10 Å². The summed E-state index contributed by atoms with van der Waals surface area (Å²) >= 11 is 6.03. The Morgan fingerprint density at radius 1 is 1.03 bits per heavy atom. The number of hydrogen-bond donors (Lipinski definition) is 1. The SMILES string of the molecule is O=C(Nc1ccc2c(c1)OC(F)(F)O2)N1CC(c2ccc(Cl)cc2)C(c2ccccc2)=N1. The van der Waals surface area contributed by atoms with E-state index in [1.165, 1.54) is 23.2 Å². The fraction of sp³-hybridized carbons (Fsp3) is 0.130. The monoisotopic (exact) mass is 455 g/mol. The molecule has 1 unspecified atom stereocenters. The molecule has 0 spiro atoms. The molecule has 2 aliphatic rings. The summed E-state index contributed by atoms with van der Waals surface area (Å²) in [6.07, 6.45) is -3.72. The molecule has 2 amide bonds. The van der Waals surface area contributed by atoms with Crippen LogP contribution in [0.3, 0.4) is 0 Å². The summed E-state index contributed by atoms with van der Waals surface area (Å²) in [5.41, 5.74) is 2.89. The number of nitrogens with zero attached hydrogens (tertiary/aromatic N) is 2. The average molecular weight is 456 g/mol. The highest BCUT2D eigenvalue weighted by Crippen LogP contribution is 2.42. The number of fused-ring (bicyclic) bond motifs is 1. The van der Waals surface area contributed by atoms with Crippen molar-refractivity contribution in [2.45, 2.75) is 12.2 Å². The zero-order valence-electron chi connectivity index (χ0n) is 16.5. The molecule has 0 saturated heterocycles. The smallest absolute Gasteiger partial charge is 0.395 e. The average Bonchev–Trinajstić information content (AvgIpc) is 3.35. The molecule has 2 heterocycles. The fourth-order valence-corrected chi connectivity index (χ4v) is 3.80. The van der Waals surface area contributed by atoms with E-state index in [1.807, 2.05) is 42.5 Å². The molecule has 0 aliphatic carbocycles. The van der Waals surface area contributed by atoms with E-state index >= 15 is 0 Å². The van der Waals surface area contributed by atoms with Crippen molar-refractivity contribution in [1.29, 1.82) is 0 Å². The van der Waals surface area contributed by atoms with Crippen molar-refractivity contribution >= 4 is 29.0 Å². The predicted molar refractivity (Wildman–Crippen MR) is 116 cm³/mol. The Balaban J connectivity index is 1.39. The summed E-state index contributed by atoms with van der Waals surface area (Å²) in [5.74, 6) is -0.404. The highest BCUT2D eigenvalue weighted by atomic mass is 35.5. The number of nitrogens with one attached hydrogen (secondary N) is 1. The van der Waals surface area contributed by atoms with Crippen LogP contribution in [-0.2, 0) is 0 Å². The summed E-state index contributed by atoms with van der Waals surface area (Å²) in [6.45, 7) is 0.306. The second-order valence-corrected chi connectivity index (χ2v) is 7.73. The largest absolute Gasteiger partial charge is 0.586 e. The standard InChI is InChI=1S/C23H16ClF2N3O3/c24-16-8-6-14(7-9-16)18-13-29(28-21(18)15-4-2-1-3-5-15)22(30)27-17-10-11-19-20(12-17)32-23(25,26)31-19/h1-12,18H,13H2,(H,27,30). The topological polar surface area (TPSA) is 63.2 Å². The third-order valence-electron chi connectivity index (χ3n) is 5.14. The van der Waals surface area contributed by atoms with Crippen molar-refractivity contribution in [3.8, 4) is 11.5 Å². The summed E-state index contributed by atoms with van der Waals surface area (Å²) in [5, 5.41) is 9.17. The minimum Gasteiger partial charge on any atom is -0.395 e. The molecule has 32 heavy (non-hydrogen) atoms. The molecule has 162 valence electrons. The summed E-state index contributed by atoms with van der Waals surface area (Å²) in [7, 11) is 0. The molecular weight excluding hydrogens is 440 g/mol. The lowest BCUT2D eigenvalue weighted by Gasteiger charge is -2.16. The van der Waals surface area contributed by atoms with Gasteiger partial charge >= 0.3 is 12.3 Å². The quantitative estimate of drug-likeness (QED) is 0.551. The first-order valence-electron chi connectivity index (χ1n) is 9.76. The maximum atomic E-state index is 13.2. The van der Waals surface area contributed by atoms with Crippen molar-refractivity contribution in [2.75, 3.05) is 11.9 Å². The van der Waals surface area contributed by atoms with E-state index in [1.54, 1.807) is 12.1 Å². The van der Waals surface area contributed by atoms with Crippen molar-refractivity contribution in [3.63, 3.8) is 0 Å². The van der Waals surface area contributed by atoms with Crippen LogP contribution in [0.2, 0.25) is 5.02 Å². The molecule has 0 bridgehead atoms. The van der Waals surface area contributed by atoms with Gasteiger partial charge in [0, 0.05) is 22.7 Å². The Morgan fingerprint density at radius 3 is 2.50 bits per heavy atom. The number of hydrazone groups is 1. The van der Waals surface area contributed by atoms with Crippen LogP contribution in [0.1, 0.15) is 17.0 Å². The molecule has 3 aromatic rings. The van der Waals surface area contributed by atoms with E-state index in [-0.39, 0.29) is 23.1 Å². The van der Waals surface area contributed by atoms with Crippen LogP contribution < -0.4 is 14.8 Å². The van der Waals surface area contributed by atoms with E-state index in [2.05, 4.69) is 19.9 Å². The lowest BCUT2D eigenvalue weighted by Crippen LogP contribution is -2.30.